The molecule has 1 saturated carbocycles. The number of rotatable bonds is 3. The first-order valence-corrected chi connectivity index (χ1v) is 6.57. The Kier molecular flexibility index (Phi) is 5.20. The molecule has 0 bridgehead atoms. The quantitative estimate of drug-likeness (QED) is 0.833. The van der Waals surface area contributed by atoms with Crippen molar-refractivity contribution in [1.82, 2.24) is 0 Å². The van der Waals surface area contributed by atoms with E-state index >= 15 is 0 Å². The highest BCUT2D eigenvalue weighted by molar-refractivity contribution is 5.93. The van der Waals surface area contributed by atoms with Crippen LogP contribution in [-0.2, 0) is 4.79 Å². The van der Waals surface area contributed by atoms with Gasteiger partial charge in [0, 0.05) is 11.6 Å². The number of carbonyl (C=O) groups is 1. The highest BCUT2D eigenvalue weighted by atomic mass is 16.2. The molecular weight excluding hydrogens is 210 g/mol. The summed E-state index contributed by atoms with van der Waals surface area (Å²) >= 11 is 0. The lowest BCUT2D eigenvalue weighted by molar-refractivity contribution is -0.117. The smallest absolute Gasteiger partial charge is 0.227 e. The van der Waals surface area contributed by atoms with E-state index in [9.17, 15) is 4.79 Å². The SMILES string of the molecule is CC.CC(C)c1ccc(NC(=O)C2CC2)cc1. The van der Waals surface area contributed by atoms with Crippen molar-refractivity contribution in [3.8, 4) is 0 Å². The van der Waals surface area contributed by atoms with Gasteiger partial charge in [-0.05, 0) is 36.5 Å². The predicted octanol–water partition coefficient (Wildman–Crippen LogP) is 4.18. The van der Waals surface area contributed by atoms with E-state index in [1.165, 1.54) is 5.56 Å². The monoisotopic (exact) mass is 233 g/mol. The summed E-state index contributed by atoms with van der Waals surface area (Å²) in [5.74, 6) is 0.986. The number of benzene rings is 1. The molecule has 17 heavy (non-hydrogen) atoms. The fourth-order valence-corrected chi connectivity index (χ4v) is 1.54. The molecule has 0 radical (unpaired) electrons. The van der Waals surface area contributed by atoms with Crippen LogP contribution in [-0.4, -0.2) is 5.91 Å². The lowest BCUT2D eigenvalue weighted by Crippen LogP contribution is -2.13. The zero-order chi connectivity index (χ0) is 12.8. The summed E-state index contributed by atoms with van der Waals surface area (Å²) in [6.45, 7) is 8.33. The minimum atomic E-state index is 0.173. The Morgan fingerprint density at radius 3 is 2.12 bits per heavy atom. The van der Waals surface area contributed by atoms with E-state index in [1.807, 2.05) is 26.0 Å². The third-order valence-corrected chi connectivity index (χ3v) is 2.79. The van der Waals surface area contributed by atoms with Crippen LogP contribution in [0.15, 0.2) is 24.3 Å². The number of amides is 1. The number of anilines is 1. The van der Waals surface area contributed by atoms with Crippen LogP contribution in [0.3, 0.4) is 0 Å². The predicted molar refractivity (Wildman–Crippen MR) is 73.2 cm³/mol. The molecule has 1 N–H and O–H groups in total. The molecule has 94 valence electrons. The summed E-state index contributed by atoms with van der Waals surface area (Å²) < 4.78 is 0. The maximum Gasteiger partial charge on any atom is 0.227 e. The molecule has 1 aliphatic rings. The van der Waals surface area contributed by atoms with Gasteiger partial charge >= 0.3 is 0 Å². The van der Waals surface area contributed by atoms with Crippen LogP contribution in [0.1, 0.15) is 52.0 Å². The summed E-state index contributed by atoms with van der Waals surface area (Å²) in [4.78, 5) is 11.5. The van der Waals surface area contributed by atoms with E-state index in [1.54, 1.807) is 0 Å². The lowest BCUT2D eigenvalue weighted by atomic mass is 10.0. The van der Waals surface area contributed by atoms with Crippen molar-refractivity contribution in [1.29, 1.82) is 0 Å². The molecule has 1 amide bonds. The Bertz CT molecular complexity index is 350. The van der Waals surface area contributed by atoms with Crippen molar-refractivity contribution in [2.75, 3.05) is 5.32 Å². The van der Waals surface area contributed by atoms with Crippen LogP contribution < -0.4 is 5.32 Å². The first kappa shape index (κ1) is 13.8. The molecule has 2 nitrogen and oxygen atoms in total. The van der Waals surface area contributed by atoms with E-state index in [-0.39, 0.29) is 11.8 Å². The van der Waals surface area contributed by atoms with E-state index < -0.39 is 0 Å². The Morgan fingerprint density at radius 1 is 1.18 bits per heavy atom. The van der Waals surface area contributed by atoms with Gasteiger partial charge in [-0.25, -0.2) is 0 Å². The van der Waals surface area contributed by atoms with Crippen molar-refractivity contribution in [2.24, 2.45) is 5.92 Å². The van der Waals surface area contributed by atoms with Gasteiger partial charge in [0.1, 0.15) is 0 Å². The van der Waals surface area contributed by atoms with Crippen LogP contribution in [0.25, 0.3) is 0 Å². The molecule has 0 atom stereocenters. The van der Waals surface area contributed by atoms with Gasteiger partial charge in [0.05, 0.1) is 0 Å². The van der Waals surface area contributed by atoms with Crippen molar-refractivity contribution in [2.45, 2.75) is 46.5 Å². The third-order valence-electron chi connectivity index (χ3n) is 2.79. The Morgan fingerprint density at radius 2 is 1.71 bits per heavy atom. The van der Waals surface area contributed by atoms with Crippen LogP contribution in [0, 0.1) is 5.92 Å². The second-order valence-electron chi connectivity index (χ2n) is 4.54. The minimum Gasteiger partial charge on any atom is -0.326 e. The van der Waals surface area contributed by atoms with Crippen molar-refractivity contribution < 1.29 is 4.79 Å². The van der Waals surface area contributed by atoms with Gasteiger partial charge < -0.3 is 5.32 Å². The van der Waals surface area contributed by atoms with E-state index in [2.05, 4.69) is 31.3 Å². The highest BCUT2D eigenvalue weighted by Gasteiger charge is 2.29. The minimum absolute atomic E-state index is 0.173. The average Bonchev–Trinajstić information content (AvgIpc) is 3.16. The molecule has 2 heteroatoms. The van der Waals surface area contributed by atoms with E-state index in [4.69, 9.17) is 0 Å². The summed E-state index contributed by atoms with van der Waals surface area (Å²) in [5.41, 5.74) is 2.22. The number of hydrogen-bond donors (Lipinski definition) is 1. The Balaban J connectivity index is 0.000000686. The van der Waals surface area contributed by atoms with Gasteiger partial charge in [0.15, 0.2) is 0 Å². The second-order valence-corrected chi connectivity index (χ2v) is 4.54. The van der Waals surface area contributed by atoms with Gasteiger partial charge in [-0.2, -0.15) is 0 Å². The van der Waals surface area contributed by atoms with Crippen molar-refractivity contribution >= 4 is 11.6 Å². The molecule has 0 aliphatic heterocycles. The van der Waals surface area contributed by atoms with Crippen molar-refractivity contribution in [3.63, 3.8) is 0 Å². The van der Waals surface area contributed by atoms with Crippen LogP contribution in [0.5, 0.6) is 0 Å². The zero-order valence-electron chi connectivity index (χ0n) is 11.3. The number of nitrogens with one attached hydrogen (secondary N) is 1. The molecule has 1 fully saturated rings. The van der Waals surface area contributed by atoms with Crippen LogP contribution in [0.4, 0.5) is 5.69 Å². The van der Waals surface area contributed by atoms with Gasteiger partial charge in [0.2, 0.25) is 5.91 Å². The summed E-state index contributed by atoms with van der Waals surface area (Å²) in [7, 11) is 0. The highest BCUT2D eigenvalue weighted by Crippen LogP contribution is 2.30. The summed E-state index contributed by atoms with van der Waals surface area (Å²) in [6, 6.07) is 8.12. The number of hydrogen-bond acceptors (Lipinski definition) is 1. The molecule has 0 unspecified atom stereocenters. The maximum atomic E-state index is 11.5. The normalized spacial score (nSPS) is 13.9. The fourth-order valence-electron chi connectivity index (χ4n) is 1.54. The van der Waals surface area contributed by atoms with Gasteiger partial charge in [-0.1, -0.05) is 39.8 Å². The Hall–Kier alpha value is -1.31. The molecule has 1 aromatic rings. The average molecular weight is 233 g/mol. The topological polar surface area (TPSA) is 29.1 Å². The summed E-state index contributed by atoms with van der Waals surface area (Å²) in [6.07, 6.45) is 2.10. The molecule has 0 heterocycles. The molecule has 0 spiro atoms. The van der Waals surface area contributed by atoms with Gasteiger partial charge in [0.25, 0.3) is 0 Å². The summed E-state index contributed by atoms with van der Waals surface area (Å²) in [5, 5.41) is 2.93. The van der Waals surface area contributed by atoms with Gasteiger partial charge in [-0.15, -0.1) is 0 Å². The molecule has 1 aromatic carbocycles. The van der Waals surface area contributed by atoms with E-state index in [0.29, 0.717) is 5.92 Å². The Labute approximate surface area is 104 Å². The maximum absolute atomic E-state index is 11.5. The first-order valence-electron chi connectivity index (χ1n) is 6.57. The number of carbonyl (C=O) groups excluding carboxylic acids is 1. The molecule has 0 aromatic heterocycles. The standard InChI is InChI=1S/C13H17NO.C2H6/c1-9(2)10-5-7-12(8-6-10)14-13(15)11-3-4-11;1-2/h5-9,11H,3-4H2,1-2H3,(H,14,15);1-2H3. The largest absolute Gasteiger partial charge is 0.326 e. The first-order chi connectivity index (χ1) is 8.16. The molecule has 2 rings (SSSR count). The zero-order valence-corrected chi connectivity index (χ0v) is 11.3. The fraction of sp³-hybridized carbons (Fsp3) is 0.533. The second kappa shape index (κ2) is 6.43. The van der Waals surface area contributed by atoms with Crippen molar-refractivity contribution in [3.05, 3.63) is 29.8 Å². The van der Waals surface area contributed by atoms with Gasteiger partial charge in [-0.3, -0.25) is 4.79 Å². The molecule has 0 saturated heterocycles. The van der Waals surface area contributed by atoms with Crippen LogP contribution >= 0.6 is 0 Å². The third kappa shape index (κ3) is 4.22. The molecule has 1 aliphatic carbocycles. The lowest BCUT2D eigenvalue weighted by Gasteiger charge is -2.07. The van der Waals surface area contributed by atoms with E-state index in [0.717, 1.165) is 18.5 Å². The molecular formula is C15H23NO. The van der Waals surface area contributed by atoms with Crippen LogP contribution in [0.2, 0.25) is 0 Å².